The molecule has 0 fully saturated rings. The highest BCUT2D eigenvalue weighted by Gasteiger charge is 2.22. The number of furan rings is 1. The van der Waals surface area contributed by atoms with E-state index in [9.17, 15) is 0 Å². The molecule has 0 unspecified atom stereocenters. The molecule has 0 amide bonds. The lowest BCUT2D eigenvalue weighted by atomic mass is 9.97. The maximum Gasteiger partial charge on any atom is 0.136 e. The van der Waals surface area contributed by atoms with E-state index < -0.39 is 0 Å². The number of fused-ring (bicyclic) bond motifs is 8. The zero-order chi connectivity index (χ0) is 40.3. The largest absolute Gasteiger partial charge is 0.456 e. The van der Waals surface area contributed by atoms with Crippen molar-refractivity contribution >= 4 is 71.6 Å². The Balaban J connectivity index is 1.04. The van der Waals surface area contributed by atoms with Crippen LogP contribution in [0.25, 0.3) is 93.6 Å². The van der Waals surface area contributed by atoms with Gasteiger partial charge in [0.1, 0.15) is 11.2 Å². The molecule has 61 heavy (non-hydrogen) atoms. The summed E-state index contributed by atoms with van der Waals surface area (Å²) in [4.78, 5) is 2.41. The second kappa shape index (κ2) is 14.3. The average molecular weight is 779 g/mol. The molecule has 0 aliphatic carbocycles. The van der Waals surface area contributed by atoms with Gasteiger partial charge in [-0.3, -0.25) is 0 Å². The van der Waals surface area contributed by atoms with Crippen LogP contribution in [0.2, 0.25) is 0 Å². The molecule has 0 aliphatic heterocycles. The molecule has 2 heterocycles. The second-order valence-corrected chi connectivity index (χ2v) is 15.6. The highest BCUT2D eigenvalue weighted by Crippen LogP contribution is 2.47. The molecule has 0 saturated heterocycles. The zero-order valence-corrected chi connectivity index (χ0v) is 33.2. The van der Waals surface area contributed by atoms with Crippen molar-refractivity contribution in [2.75, 3.05) is 4.90 Å². The van der Waals surface area contributed by atoms with E-state index in [4.69, 9.17) is 4.42 Å². The Kier molecular flexibility index (Phi) is 8.17. The van der Waals surface area contributed by atoms with E-state index in [0.29, 0.717) is 0 Å². The number of hydrogen-bond acceptors (Lipinski definition) is 2. The summed E-state index contributed by atoms with van der Waals surface area (Å²) in [6.07, 6.45) is 0. The van der Waals surface area contributed by atoms with Crippen LogP contribution in [0.1, 0.15) is 0 Å². The van der Waals surface area contributed by atoms with Crippen LogP contribution in [0.3, 0.4) is 0 Å². The Bertz CT molecular complexity index is 3570. The number of para-hydroxylation sites is 4. The van der Waals surface area contributed by atoms with Crippen molar-refractivity contribution in [3.63, 3.8) is 0 Å². The molecule has 3 heteroatoms. The Morgan fingerprint density at radius 3 is 1.75 bits per heavy atom. The summed E-state index contributed by atoms with van der Waals surface area (Å²) in [7, 11) is 0. The quantitative estimate of drug-likeness (QED) is 0.161. The predicted octanol–water partition coefficient (Wildman–Crippen LogP) is 16.3. The van der Waals surface area contributed by atoms with Crippen molar-refractivity contribution in [3.05, 3.63) is 231 Å². The van der Waals surface area contributed by atoms with Crippen LogP contribution < -0.4 is 4.90 Å². The van der Waals surface area contributed by atoms with Gasteiger partial charge in [-0.25, -0.2) is 0 Å². The first kappa shape index (κ1) is 34.9. The van der Waals surface area contributed by atoms with E-state index in [0.717, 1.165) is 72.2 Å². The van der Waals surface area contributed by atoms with Gasteiger partial charge >= 0.3 is 0 Å². The first-order chi connectivity index (χ1) is 30.3. The standard InChI is InChI=1S/C58H38N2O/c1-4-16-39(17-5-1)40-30-33-44(34-31-40)59(52-27-12-10-22-45(52)41-18-6-2-7-19-41)53-29-15-25-49-48(53)36-37-55-57(49)51-35-32-42(38-56(51)61-55)46-24-14-26-50-47-23-11-13-28-54(47)60(58(46)50)43-20-8-3-9-21-43/h1-38H. The summed E-state index contributed by atoms with van der Waals surface area (Å²) >= 11 is 0. The lowest BCUT2D eigenvalue weighted by Gasteiger charge is -2.29. The third-order valence-corrected chi connectivity index (χ3v) is 12.2. The molecule has 10 aromatic carbocycles. The van der Waals surface area contributed by atoms with Crippen LogP contribution in [-0.2, 0) is 0 Å². The number of aromatic nitrogens is 1. The molecule has 0 aliphatic rings. The van der Waals surface area contributed by atoms with Gasteiger partial charge in [-0.1, -0.05) is 164 Å². The minimum Gasteiger partial charge on any atom is -0.456 e. The van der Waals surface area contributed by atoms with Gasteiger partial charge in [0.2, 0.25) is 0 Å². The summed E-state index contributed by atoms with van der Waals surface area (Å²) in [6, 6.07) is 82.7. The minimum absolute atomic E-state index is 0.868. The molecule has 2 aromatic heterocycles. The van der Waals surface area contributed by atoms with Crippen molar-refractivity contribution < 1.29 is 4.42 Å². The molecule has 0 saturated carbocycles. The molecule has 12 aromatic rings. The van der Waals surface area contributed by atoms with Crippen LogP contribution in [0.4, 0.5) is 17.1 Å². The van der Waals surface area contributed by atoms with Gasteiger partial charge in [0.25, 0.3) is 0 Å². The molecule has 286 valence electrons. The second-order valence-electron chi connectivity index (χ2n) is 15.6. The number of benzene rings is 10. The Labute approximate surface area is 353 Å². The monoisotopic (exact) mass is 778 g/mol. The summed E-state index contributed by atoms with van der Waals surface area (Å²) < 4.78 is 9.19. The summed E-state index contributed by atoms with van der Waals surface area (Å²) in [5.41, 5.74) is 15.5. The number of anilines is 3. The fraction of sp³-hybridized carbons (Fsp3) is 0. The lowest BCUT2D eigenvalue weighted by Crippen LogP contribution is -2.11. The number of hydrogen-bond donors (Lipinski definition) is 0. The van der Waals surface area contributed by atoms with E-state index in [1.54, 1.807) is 0 Å². The first-order valence-electron chi connectivity index (χ1n) is 20.8. The molecular weight excluding hydrogens is 741 g/mol. The van der Waals surface area contributed by atoms with E-state index in [1.807, 2.05) is 0 Å². The zero-order valence-electron chi connectivity index (χ0n) is 33.2. The molecule has 0 spiro atoms. The van der Waals surface area contributed by atoms with Crippen LogP contribution in [0.5, 0.6) is 0 Å². The van der Waals surface area contributed by atoms with Crippen molar-refractivity contribution in [1.29, 1.82) is 0 Å². The van der Waals surface area contributed by atoms with Crippen LogP contribution in [0.15, 0.2) is 235 Å². The lowest BCUT2D eigenvalue weighted by molar-refractivity contribution is 0.669. The van der Waals surface area contributed by atoms with Crippen molar-refractivity contribution in [1.82, 2.24) is 4.57 Å². The van der Waals surface area contributed by atoms with E-state index in [2.05, 4.69) is 240 Å². The molecule has 0 radical (unpaired) electrons. The Morgan fingerprint density at radius 1 is 0.344 bits per heavy atom. The van der Waals surface area contributed by atoms with E-state index >= 15 is 0 Å². The maximum atomic E-state index is 6.79. The third kappa shape index (κ3) is 5.74. The van der Waals surface area contributed by atoms with Gasteiger partial charge in [-0.05, 0) is 94.4 Å². The smallest absolute Gasteiger partial charge is 0.136 e. The van der Waals surface area contributed by atoms with E-state index in [-0.39, 0.29) is 0 Å². The topological polar surface area (TPSA) is 21.3 Å². The molecular formula is C58H38N2O. The Morgan fingerprint density at radius 2 is 0.934 bits per heavy atom. The SMILES string of the molecule is c1ccc(-c2ccc(N(c3ccccc3-c3ccccc3)c3cccc4c3ccc3oc5cc(-c6cccc7c8ccccc8n(-c8ccccc8)c67)ccc5c34)cc2)cc1. The van der Waals surface area contributed by atoms with Crippen molar-refractivity contribution in [2.45, 2.75) is 0 Å². The maximum absolute atomic E-state index is 6.79. The first-order valence-corrected chi connectivity index (χ1v) is 20.8. The van der Waals surface area contributed by atoms with Crippen molar-refractivity contribution in [3.8, 4) is 39.1 Å². The summed E-state index contributed by atoms with van der Waals surface area (Å²) in [5.74, 6) is 0. The highest BCUT2D eigenvalue weighted by molar-refractivity contribution is 6.22. The molecule has 0 atom stereocenters. The van der Waals surface area contributed by atoms with Gasteiger partial charge in [-0.15, -0.1) is 0 Å². The van der Waals surface area contributed by atoms with Crippen LogP contribution >= 0.6 is 0 Å². The number of rotatable bonds is 7. The Hall–Kier alpha value is -8.14. The fourth-order valence-electron chi connectivity index (χ4n) is 9.45. The van der Waals surface area contributed by atoms with Gasteiger partial charge in [0, 0.05) is 49.4 Å². The summed E-state index contributed by atoms with van der Waals surface area (Å²) in [6.45, 7) is 0. The highest BCUT2D eigenvalue weighted by atomic mass is 16.3. The van der Waals surface area contributed by atoms with Gasteiger partial charge in [0.15, 0.2) is 0 Å². The third-order valence-electron chi connectivity index (χ3n) is 12.2. The normalized spacial score (nSPS) is 11.6. The predicted molar refractivity (Wildman–Crippen MR) is 257 cm³/mol. The van der Waals surface area contributed by atoms with Crippen molar-refractivity contribution in [2.24, 2.45) is 0 Å². The van der Waals surface area contributed by atoms with Gasteiger partial charge in [0.05, 0.1) is 22.4 Å². The van der Waals surface area contributed by atoms with Gasteiger partial charge in [-0.2, -0.15) is 0 Å². The molecule has 0 bridgehead atoms. The minimum atomic E-state index is 0.868. The average Bonchev–Trinajstić information content (AvgIpc) is 3.89. The van der Waals surface area contributed by atoms with Crippen LogP contribution in [0, 0.1) is 0 Å². The molecule has 3 nitrogen and oxygen atoms in total. The number of nitrogens with zero attached hydrogens (tertiary/aromatic N) is 2. The van der Waals surface area contributed by atoms with Gasteiger partial charge < -0.3 is 13.9 Å². The fourth-order valence-corrected chi connectivity index (χ4v) is 9.45. The molecule has 12 rings (SSSR count). The van der Waals surface area contributed by atoms with Crippen LogP contribution in [-0.4, -0.2) is 4.57 Å². The summed E-state index contributed by atoms with van der Waals surface area (Å²) in [5, 5.41) is 6.98. The molecule has 0 N–H and O–H groups in total. The van der Waals surface area contributed by atoms with E-state index in [1.165, 1.54) is 38.5 Å².